The Morgan fingerprint density at radius 3 is 2.30 bits per heavy atom. The monoisotopic (exact) mass is 324 g/mol. The van der Waals surface area contributed by atoms with Crippen LogP contribution >= 0.6 is 0 Å². The van der Waals surface area contributed by atoms with Gasteiger partial charge in [-0.05, 0) is 42.2 Å². The first-order valence-corrected chi connectivity index (χ1v) is 6.95. The lowest BCUT2D eigenvalue weighted by atomic mass is 9.93. The number of carboxylic acid groups (broad SMARTS) is 1. The molecule has 23 heavy (non-hydrogen) atoms. The maximum atomic E-state index is 14.3. The van der Waals surface area contributed by atoms with Crippen LogP contribution in [0.2, 0.25) is 0 Å². The van der Waals surface area contributed by atoms with E-state index in [1.165, 1.54) is 24.3 Å². The van der Waals surface area contributed by atoms with Crippen molar-refractivity contribution >= 4 is 5.97 Å². The fraction of sp³-hybridized carbons (Fsp3) is 0.235. The Bertz CT molecular complexity index is 776. The highest BCUT2D eigenvalue weighted by molar-refractivity contribution is 5.85. The van der Waals surface area contributed by atoms with Crippen LogP contribution in [-0.2, 0) is 16.4 Å². The first-order valence-electron chi connectivity index (χ1n) is 6.95. The summed E-state index contributed by atoms with van der Waals surface area (Å²) in [7, 11) is 0. The van der Waals surface area contributed by atoms with Gasteiger partial charge in [-0.25, -0.2) is 4.39 Å². The number of carboxylic acids is 1. The SMILES string of the molecule is O=C(O)C1(c2ccc(-c3cccc(C(F)(F)F)c3)c(F)c2)CC1. The van der Waals surface area contributed by atoms with Crippen molar-refractivity contribution in [2.75, 3.05) is 0 Å². The second-order valence-electron chi connectivity index (χ2n) is 5.66. The second-order valence-corrected chi connectivity index (χ2v) is 5.66. The summed E-state index contributed by atoms with van der Waals surface area (Å²) in [6.45, 7) is 0. The van der Waals surface area contributed by atoms with Gasteiger partial charge in [0.05, 0.1) is 11.0 Å². The summed E-state index contributed by atoms with van der Waals surface area (Å²) in [5.74, 6) is -1.74. The molecule has 2 aromatic rings. The zero-order valence-electron chi connectivity index (χ0n) is 11.8. The van der Waals surface area contributed by atoms with Crippen molar-refractivity contribution in [3.63, 3.8) is 0 Å². The number of benzene rings is 2. The van der Waals surface area contributed by atoms with Crippen molar-refractivity contribution in [2.45, 2.75) is 24.4 Å². The molecule has 0 spiro atoms. The van der Waals surface area contributed by atoms with Gasteiger partial charge in [-0.15, -0.1) is 0 Å². The quantitative estimate of drug-likeness (QED) is 0.836. The van der Waals surface area contributed by atoms with Crippen LogP contribution in [0.4, 0.5) is 17.6 Å². The average Bonchev–Trinajstić information content (AvgIpc) is 3.28. The molecular formula is C17H12F4O2. The molecule has 1 aliphatic rings. The van der Waals surface area contributed by atoms with E-state index in [1.807, 2.05) is 0 Å². The predicted octanol–water partition coefficient (Wildman–Crippen LogP) is 4.63. The van der Waals surface area contributed by atoms with E-state index in [0.29, 0.717) is 18.4 Å². The van der Waals surface area contributed by atoms with E-state index in [2.05, 4.69) is 0 Å². The van der Waals surface area contributed by atoms with Crippen LogP contribution < -0.4 is 0 Å². The molecule has 0 radical (unpaired) electrons. The fourth-order valence-electron chi connectivity index (χ4n) is 2.66. The topological polar surface area (TPSA) is 37.3 Å². The molecule has 0 amide bonds. The van der Waals surface area contributed by atoms with E-state index in [-0.39, 0.29) is 11.1 Å². The van der Waals surface area contributed by atoms with E-state index >= 15 is 0 Å². The first-order chi connectivity index (χ1) is 10.7. The van der Waals surface area contributed by atoms with Crippen molar-refractivity contribution in [2.24, 2.45) is 0 Å². The summed E-state index contributed by atoms with van der Waals surface area (Å²) in [5.41, 5.74) is -1.45. The van der Waals surface area contributed by atoms with Gasteiger partial charge < -0.3 is 5.11 Å². The number of hydrogen-bond donors (Lipinski definition) is 1. The molecule has 0 heterocycles. The third-order valence-electron chi connectivity index (χ3n) is 4.18. The highest BCUT2D eigenvalue weighted by atomic mass is 19.4. The molecule has 3 rings (SSSR count). The highest BCUT2D eigenvalue weighted by Crippen LogP contribution is 2.49. The van der Waals surface area contributed by atoms with Gasteiger partial charge in [0.25, 0.3) is 0 Å². The number of rotatable bonds is 3. The van der Waals surface area contributed by atoms with Gasteiger partial charge >= 0.3 is 12.1 Å². The summed E-state index contributed by atoms with van der Waals surface area (Å²) in [6.07, 6.45) is -3.64. The predicted molar refractivity (Wildman–Crippen MR) is 75.4 cm³/mol. The van der Waals surface area contributed by atoms with E-state index < -0.39 is 28.9 Å². The molecule has 1 fully saturated rings. The molecule has 1 saturated carbocycles. The van der Waals surface area contributed by atoms with Gasteiger partial charge in [0.2, 0.25) is 0 Å². The molecule has 0 saturated heterocycles. The minimum absolute atomic E-state index is 0.0149. The van der Waals surface area contributed by atoms with E-state index in [9.17, 15) is 27.5 Å². The molecule has 120 valence electrons. The minimum Gasteiger partial charge on any atom is -0.481 e. The van der Waals surface area contributed by atoms with Gasteiger partial charge in [0.1, 0.15) is 5.82 Å². The highest BCUT2D eigenvalue weighted by Gasteiger charge is 2.51. The van der Waals surface area contributed by atoms with Crippen molar-refractivity contribution in [3.8, 4) is 11.1 Å². The van der Waals surface area contributed by atoms with Crippen molar-refractivity contribution in [1.82, 2.24) is 0 Å². The Morgan fingerprint density at radius 2 is 1.78 bits per heavy atom. The van der Waals surface area contributed by atoms with Crippen LogP contribution in [0.3, 0.4) is 0 Å². The Hall–Kier alpha value is -2.37. The number of hydrogen-bond acceptors (Lipinski definition) is 1. The Kier molecular flexibility index (Phi) is 3.43. The Morgan fingerprint density at radius 1 is 1.09 bits per heavy atom. The molecule has 2 aromatic carbocycles. The average molecular weight is 324 g/mol. The lowest BCUT2D eigenvalue weighted by Gasteiger charge is -2.13. The Balaban J connectivity index is 2.01. The molecule has 0 unspecified atom stereocenters. The van der Waals surface area contributed by atoms with Gasteiger partial charge in [-0.3, -0.25) is 4.79 Å². The largest absolute Gasteiger partial charge is 0.481 e. The molecule has 0 bridgehead atoms. The molecule has 6 heteroatoms. The van der Waals surface area contributed by atoms with Crippen LogP contribution in [-0.4, -0.2) is 11.1 Å². The summed E-state index contributed by atoms with van der Waals surface area (Å²) < 4.78 is 52.5. The lowest BCUT2D eigenvalue weighted by Crippen LogP contribution is -2.19. The van der Waals surface area contributed by atoms with Gasteiger partial charge in [0, 0.05) is 5.56 Å². The lowest BCUT2D eigenvalue weighted by molar-refractivity contribution is -0.140. The fourth-order valence-corrected chi connectivity index (χ4v) is 2.66. The van der Waals surface area contributed by atoms with Crippen LogP contribution in [0.15, 0.2) is 42.5 Å². The molecule has 0 aliphatic heterocycles. The van der Waals surface area contributed by atoms with Crippen molar-refractivity contribution in [3.05, 3.63) is 59.4 Å². The van der Waals surface area contributed by atoms with E-state index in [0.717, 1.165) is 18.2 Å². The molecule has 1 aliphatic carbocycles. The second kappa shape index (κ2) is 5.08. The number of alkyl halides is 3. The Labute approximate surface area is 129 Å². The molecule has 0 aromatic heterocycles. The van der Waals surface area contributed by atoms with E-state index in [4.69, 9.17) is 0 Å². The van der Waals surface area contributed by atoms with Crippen molar-refractivity contribution < 1.29 is 27.5 Å². The van der Waals surface area contributed by atoms with Gasteiger partial charge in [-0.2, -0.15) is 13.2 Å². The molecular weight excluding hydrogens is 312 g/mol. The normalized spacial score (nSPS) is 16.2. The molecule has 1 N–H and O–H groups in total. The first kappa shape index (κ1) is 15.5. The third kappa shape index (κ3) is 2.69. The van der Waals surface area contributed by atoms with Crippen LogP contribution in [0.25, 0.3) is 11.1 Å². The summed E-state index contributed by atoms with van der Waals surface area (Å²) in [6, 6.07) is 8.31. The standard InChI is InChI=1S/C17H12F4O2/c18-14-9-11(16(6-7-16)15(22)23)4-5-13(14)10-2-1-3-12(8-10)17(19,20)21/h1-5,8-9H,6-7H2,(H,22,23). The minimum atomic E-state index is -4.51. The third-order valence-corrected chi connectivity index (χ3v) is 4.18. The number of aliphatic carboxylic acids is 1. The van der Waals surface area contributed by atoms with Gasteiger partial charge in [0.15, 0.2) is 0 Å². The van der Waals surface area contributed by atoms with E-state index in [1.54, 1.807) is 0 Å². The molecule has 0 atom stereocenters. The zero-order chi connectivity index (χ0) is 16.8. The maximum absolute atomic E-state index is 14.3. The zero-order valence-corrected chi connectivity index (χ0v) is 11.8. The van der Waals surface area contributed by atoms with Crippen LogP contribution in [0.1, 0.15) is 24.0 Å². The number of carbonyl (C=O) groups is 1. The molecule has 2 nitrogen and oxygen atoms in total. The summed E-state index contributed by atoms with van der Waals surface area (Å²) >= 11 is 0. The summed E-state index contributed by atoms with van der Waals surface area (Å²) in [4.78, 5) is 11.3. The van der Waals surface area contributed by atoms with Crippen LogP contribution in [0, 0.1) is 5.82 Å². The number of halogens is 4. The van der Waals surface area contributed by atoms with Gasteiger partial charge in [-0.1, -0.05) is 24.3 Å². The van der Waals surface area contributed by atoms with Crippen LogP contribution in [0.5, 0.6) is 0 Å². The maximum Gasteiger partial charge on any atom is 0.416 e. The smallest absolute Gasteiger partial charge is 0.416 e. The summed E-state index contributed by atoms with van der Waals surface area (Å²) in [5, 5.41) is 9.21. The van der Waals surface area contributed by atoms with Crippen molar-refractivity contribution in [1.29, 1.82) is 0 Å².